The molecule has 2 heterocycles. The first-order chi connectivity index (χ1) is 16.4. The molecule has 186 valence electrons. The van der Waals surface area contributed by atoms with Gasteiger partial charge in [-0.1, -0.05) is 0 Å². The van der Waals surface area contributed by atoms with Crippen molar-refractivity contribution < 1.29 is 23.1 Å². The van der Waals surface area contributed by atoms with Gasteiger partial charge in [0.15, 0.2) is 0 Å². The Kier molecular flexibility index (Phi) is 6.54. The van der Waals surface area contributed by atoms with Gasteiger partial charge in [0.2, 0.25) is 11.9 Å². The van der Waals surface area contributed by atoms with Crippen LogP contribution in [0.5, 0.6) is 0 Å². The number of rotatable bonds is 5. The molecule has 8 nitrogen and oxygen atoms in total. The molecular formula is C24H27F3N6O2. The molecule has 0 unspecified atom stereocenters. The summed E-state index contributed by atoms with van der Waals surface area (Å²) in [7, 11) is 3.46. The third-order valence-electron chi connectivity index (χ3n) is 6.22. The van der Waals surface area contributed by atoms with Crippen molar-refractivity contribution in [1.82, 2.24) is 24.4 Å². The Morgan fingerprint density at radius 3 is 2.57 bits per heavy atom. The number of carbonyl (C=O) groups excluding carboxylic acids is 1. The number of hydrogen-bond acceptors (Lipinski definition) is 6. The predicted octanol–water partition coefficient (Wildman–Crippen LogP) is 4.20. The van der Waals surface area contributed by atoms with Gasteiger partial charge in [-0.25, -0.2) is 15.0 Å². The zero-order chi connectivity index (χ0) is 25.4. The molecule has 1 fully saturated rings. The van der Waals surface area contributed by atoms with E-state index in [1.165, 1.54) is 0 Å². The second-order valence-corrected chi connectivity index (χ2v) is 9.15. The van der Waals surface area contributed by atoms with E-state index in [1.807, 2.05) is 13.0 Å². The van der Waals surface area contributed by atoms with Gasteiger partial charge < -0.3 is 19.9 Å². The van der Waals surface area contributed by atoms with Crippen LogP contribution in [0.4, 0.5) is 24.8 Å². The molecular weight excluding hydrogens is 461 g/mol. The number of aliphatic hydroxyl groups is 1. The van der Waals surface area contributed by atoms with Gasteiger partial charge in [-0.05, 0) is 62.4 Å². The van der Waals surface area contributed by atoms with Crippen LogP contribution >= 0.6 is 0 Å². The van der Waals surface area contributed by atoms with Crippen molar-refractivity contribution in [2.24, 2.45) is 5.92 Å². The number of benzene rings is 1. The minimum absolute atomic E-state index is 0.0714. The summed E-state index contributed by atoms with van der Waals surface area (Å²) in [4.78, 5) is 25.7. The number of alkyl halides is 3. The van der Waals surface area contributed by atoms with E-state index in [2.05, 4.69) is 20.3 Å². The highest BCUT2D eigenvalue weighted by Gasteiger charge is 2.39. The Balaban J connectivity index is 1.53. The lowest BCUT2D eigenvalue weighted by Crippen LogP contribution is -2.38. The molecule has 35 heavy (non-hydrogen) atoms. The Hall–Kier alpha value is -3.47. The van der Waals surface area contributed by atoms with Crippen LogP contribution in [0.1, 0.15) is 42.6 Å². The average Bonchev–Trinajstić information content (AvgIpc) is 3.30. The molecule has 2 aromatic heterocycles. The van der Waals surface area contributed by atoms with Crippen molar-refractivity contribution in [2.45, 2.75) is 44.4 Å². The number of nitrogens with one attached hydrogen (secondary N) is 1. The van der Waals surface area contributed by atoms with Crippen LogP contribution in [-0.2, 0) is 16.6 Å². The number of nitrogens with zero attached hydrogens (tertiary/aromatic N) is 5. The van der Waals surface area contributed by atoms with E-state index in [1.54, 1.807) is 48.2 Å². The first kappa shape index (κ1) is 24.6. The Bertz CT molecular complexity index is 1220. The topological polar surface area (TPSA) is 96.2 Å². The summed E-state index contributed by atoms with van der Waals surface area (Å²) in [5.74, 6) is -0.195. The molecule has 1 saturated carbocycles. The SMILES string of the molecule is Cc1cc(Nc2nccc(C(F)(F)F)n2)cc(-n2cnc(C3(O)CCC(C(=O)N(C)C)CC3)c2)c1. The number of aryl methyl sites for hydroxylation is 1. The zero-order valence-corrected chi connectivity index (χ0v) is 19.7. The van der Waals surface area contributed by atoms with Crippen molar-refractivity contribution in [3.8, 4) is 5.69 Å². The molecule has 11 heteroatoms. The summed E-state index contributed by atoms with van der Waals surface area (Å²) in [6, 6.07) is 6.20. The van der Waals surface area contributed by atoms with Gasteiger partial charge in [0.25, 0.3) is 0 Å². The van der Waals surface area contributed by atoms with Crippen molar-refractivity contribution in [2.75, 3.05) is 19.4 Å². The van der Waals surface area contributed by atoms with Crippen LogP contribution in [0.3, 0.4) is 0 Å². The normalized spacial score (nSPS) is 20.5. The van der Waals surface area contributed by atoms with Crippen LogP contribution in [-0.4, -0.2) is 49.5 Å². The van der Waals surface area contributed by atoms with Gasteiger partial charge in [-0.15, -0.1) is 0 Å². The Labute approximate surface area is 200 Å². The molecule has 1 aliphatic rings. The van der Waals surface area contributed by atoms with E-state index in [0.29, 0.717) is 42.8 Å². The number of hydrogen-bond donors (Lipinski definition) is 2. The Morgan fingerprint density at radius 2 is 1.91 bits per heavy atom. The van der Waals surface area contributed by atoms with E-state index in [-0.39, 0.29) is 17.8 Å². The summed E-state index contributed by atoms with van der Waals surface area (Å²) >= 11 is 0. The van der Waals surface area contributed by atoms with Gasteiger partial charge in [0.05, 0.1) is 12.0 Å². The molecule has 0 bridgehead atoms. The van der Waals surface area contributed by atoms with E-state index in [0.717, 1.165) is 17.8 Å². The lowest BCUT2D eigenvalue weighted by atomic mass is 9.77. The van der Waals surface area contributed by atoms with E-state index in [9.17, 15) is 23.1 Å². The summed E-state index contributed by atoms with van der Waals surface area (Å²) in [6.45, 7) is 1.86. The number of aromatic nitrogens is 4. The molecule has 0 atom stereocenters. The number of anilines is 2. The van der Waals surface area contributed by atoms with Crippen LogP contribution in [0.15, 0.2) is 43.0 Å². The maximum absolute atomic E-state index is 13.0. The fraction of sp³-hybridized carbons (Fsp3) is 0.417. The molecule has 4 rings (SSSR count). The quantitative estimate of drug-likeness (QED) is 0.559. The summed E-state index contributed by atoms with van der Waals surface area (Å²) in [5, 5.41) is 14.0. The third-order valence-corrected chi connectivity index (χ3v) is 6.22. The fourth-order valence-corrected chi connectivity index (χ4v) is 4.36. The van der Waals surface area contributed by atoms with Gasteiger partial charge in [0.1, 0.15) is 11.3 Å². The molecule has 1 aliphatic carbocycles. The summed E-state index contributed by atoms with van der Waals surface area (Å²) in [5.41, 5.74) is 0.441. The highest BCUT2D eigenvalue weighted by molar-refractivity contribution is 5.78. The van der Waals surface area contributed by atoms with Crippen LogP contribution in [0, 0.1) is 12.8 Å². The molecule has 0 saturated heterocycles. The lowest BCUT2D eigenvalue weighted by Gasteiger charge is -2.35. The Morgan fingerprint density at radius 1 is 1.20 bits per heavy atom. The zero-order valence-electron chi connectivity index (χ0n) is 19.7. The highest BCUT2D eigenvalue weighted by atomic mass is 19.4. The fourth-order valence-electron chi connectivity index (χ4n) is 4.36. The average molecular weight is 489 g/mol. The summed E-state index contributed by atoms with van der Waals surface area (Å²) < 4.78 is 40.7. The smallest absolute Gasteiger partial charge is 0.383 e. The number of halogens is 3. The van der Waals surface area contributed by atoms with Gasteiger partial charge in [0, 0.05) is 43.8 Å². The predicted molar refractivity (Wildman–Crippen MR) is 123 cm³/mol. The van der Waals surface area contributed by atoms with E-state index >= 15 is 0 Å². The van der Waals surface area contributed by atoms with Gasteiger partial charge >= 0.3 is 6.18 Å². The van der Waals surface area contributed by atoms with Crippen molar-refractivity contribution in [1.29, 1.82) is 0 Å². The largest absolute Gasteiger partial charge is 0.433 e. The minimum Gasteiger partial charge on any atom is -0.383 e. The van der Waals surface area contributed by atoms with Crippen molar-refractivity contribution in [3.63, 3.8) is 0 Å². The van der Waals surface area contributed by atoms with Gasteiger partial charge in [-0.2, -0.15) is 13.2 Å². The molecule has 2 N–H and O–H groups in total. The monoisotopic (exact) mass is 488 g/mol. The molecule has 1 amide bonds. The second-order valence-electron chi connectivity index (χ2n) is 9.15. The van der Waals surface area contributed by atoms with Crippen LogP contribution in [0.25, 0.3) is 5.69 Å². The van der Waals surface area contributed by atoms with E-state index < -0.39 is 17.5 Å². The van der Waals surface area contributed by atoms with Crippen molar-refractivity contribution in [3.05, 3.63) is 59.9 Å². The third kappa shape index (κ3) is 5.45. The first-order valence-electron chi connectivity index (χ1n) is 11.2. The highest BCUT2D eigenvalue weighted by Crippen LogP contribution is 2.39. The molecule has 0 aliphatic heterocycles. The van der Waals surface area contributed by atoms with Crippen LogP contribution < -0.4 is 5.32 Å². The maximum Gasteiger partial charge on any atom is 0.433 e. The maximum atomic E-state index is 13.0. The number of carbonyl (C=O) groups is 1. The van der Waals surface area contributed by atoms with Crippen LogP contribution in [0.2, 0.25) is 0 Å². The minimum atomic E-state index is -4.57. The molecule has 3 aromatic rings. The second kappa shape index (κ2) is 9.29. The number of amides is 1. The molecule has 1 aromatic carbocycles. The van der Waals surface area contributed by atoms with Crippen molar-refractivity contribution >= 4 is 17.5 Å². The number of imidazole rings is 1. The lowest BCUT2D eigenvalue weighted by molar-refractivity contribution is -0.141. The molecule has 0 spiro atoms. The summed E-state index contributed by atoms with van der Waals surface area (Å²) in [6.07, 6.45) is 1.84. The van der Waals surface area contributed by atoms with E-state index in [4.69, 9.17) is 0 Å². The standard InChI is InChI=1S/C24H27F3N6O2/c1-15-10-17(30-22-28-9-6-19(31-22)24(25,26)27)12-18(11-15)33-13-20(29-14-33)23(35)7-4-16(5-8-23)21(34)32(2)3/h6,9-14,16,35H,4-5,7-8H2,1-3H3,(H,28,30,31). The first-order valence-corrected chi connectivity index (χ1v) is 11.2. The molecule has 0 radical (unpaired) electrons. The van der Waals surface area contributed by atoms with Gasteiger partial charge in [-0.3, -0.25) is 4.79 Å².